The molecule has 0 saturated carbocycles. The van der Waals surface area contributed by atoms with E-state index in [4.69, 9.17) is 22.1 Å². The van der Waals surface area contributed by atoms with Crippen LogP contribution in [0.5, 0.6) is 5.75 Å². The SMILES string of the molecule is COc1ccc(C)cc1CC(N)c1ccc(Cl)cc1F. The highest BCUT2D eigenvalue weighted by Gasteiger charge is 2.15. The number of hydrogen-bond acceptors (Lipinski definition) is 2. The number of hydrogen-bond donors (Lipinski definition) is 1. The standard InChI is InChI=1S/C16H17ClFNO/c1-10-3-6-16(20-2)11(7-10)8-15(19)13-5-4-12(17)9-14(13)18/h3-7,9,15H,8,19H2,1-2H3. The Balaban J connectivity index is 2.27. The molecule has 0 aliphatic heterocycles. The molecule has 0 fully saturated rings. The summed E-state index contributed by atoms with van der Waals surface area (Å²) in [4.78, 5) is 0. The second kappa shape index (κ2) is 6.25. The van der Waals surface area contributed by atoms with Crippen molar-refractivity contribution in [1.82, 2.24) is 0 Å². The number of rotatable bonds is 4. The van der Waals surface area contributed by atoms with Gasteiger partial charge in [-0.2, -0.15) is 0 Å². The van der Waals surface area contributed by atoms with E-state index in [0.717, 1.165) is 16.9 Å². The minimum absolute atomic E-state index is 0.367. The van der Waals surface area contributed by atoms with Crippen molar-refractivity contribution in [1.29, 1.82) is 0 Å². The van der Waals surface area contributed by atoms with Gasteiger partial charge in [0.25, 0.3) is 0 Å². The van der Waals surface area contributed by atoms with Gasteiger partial charge in [0.05, 0.1) is 7.11 Å². The first-order valence-corrected chi connectivity index (χ1v) is 6.73. The van der Waals surface area contributed by atoms with Gasteiger partial charge >= 0.3 is 0 Å². The molecule has 1 unspecified atom stereocenters. The van der Waals surface area contributed by atoms with Gasteiger partial charge in [-0.3, -0.25) is 0 Å². The lowest BCUT2D eigenvalue weighted by atomic mass is 9.97. The van der Waals surface area contributed by atoms with Crippen molar-refractivity contribution in [2.75, 3.05) is 7.11 Å². The van der Waals surface area contributed by atoms with Gasteiger partial charge in [-0.25, -0.2) is 4.39 Å². The van der Waals surface area contributed by atoms with Gasteiger partial charge in [-0.1, -0.05) is 35.4 Å². The Labute approximate surface area is 123 Å². The summed E-state index contributed by atoms with van der Waals surface area (Å²) in [5, 5.41) is 0.367. The number of nitrogens with two attached hydrogens (primary N) is 1. The summed E-state index contributed by atoms with van der Waals surface area (Å²) >= 11 is 5.75. The van der Waals surface area contributed by atoms with Crippen LogP contribution in [-0.2, 0) is 6.42 Å². The number of benzene rings is 2. The van der Waals surface area contributed by atoms with E-state index in [1.807, 2.05) is 25.1 Å². The van der Waals surface area contributed by atoms with Gasteiger partial charge < -0.3 is 10.5 Å². The van der Waals surface area contributed by atoms with Gasteiger partial charge in [-0.15, -0.1) is 0 Å². The third kappa shape index (κ3) is 3.30. The van der Waals surface area contributed by atoms with Crippen LogP contribution in [0, 0.1) is 12.7 Å². The average molecular weight is 294 g/mol. The highest BCUT2D eigenvalue weighted by atomic mass is 35.5. The monoisotopic (exact) mass is 293 g/mol. The van der Waals surface area contributed by atoms with E-state index >= 15 is 0 Å². The predicted molar refractivity (Wildman–Crippen MR) is 79.8 cm³/mol. The molecule has 0 bridgehead atoms. The lowest BCUT2D eigenvalue weighted by Crippen LogP contribution is -2.15. The van der Waals surface area contributed by atoms with Crippen LogP contribution < -0.4 is 10.5 Å². The molecule has 0 saturated heterocycles. The van der Waals surface area contributed by atoms with Gasteiger partial charge in [0.15, 0.2) is 0 Å². The number of ether oxygens (including phenoxy) is 1. The smallest absolute Gasteiger partial charge is 0.129 e. The molecule has 2 aromatic carbocycles. The molecule has 4 heteroatoms. The summed E-state index contributed by atoms with van der Waals surface area (Å²) in [6, 6.07) is 9.99. The Morgan fingerprint density at radius 2 is 2.00 bits per heavy atom. The maximum atomic E-state index is 13.9. The Bertz CT molecular complexity index is 615. The van der Waals surface area contributed by atoms with E-state index in [-0.39, 0.29) is 5.82 Å². The zero-order valence-electron chi connectivity index (χ0n) is 11.5. The van der Waals surface area contributed by atoms with Crippen LogP contribution in [0.1, 0.15) is 22.7 Å². The highest BCUT2D eigenvalue weighted by molar-refractivity contribution is 6.30. The van der Waals surface area contributed by atoms with Crippen LogP contribution in [0.25, 0.3) is 0 Å². The van der Waals surface area contributed by atoms with Crippen LogP contribution in [0.2, 0.25) is 5.02 Å². The minimum Gasteiger partial charge on any atom is -0.496 e. The van der Waals surface area contributed by atoms with Crippen molar-refractivity contribution in [3.63, 3.8) is 0 Å². The first-order valence-electron chi connectivity index (χ1n) is 6.35. The van der Waals surface area contributed by atoms with Gasteiger partial charge in [-0.05, 0) is 37.1 Å². The maximum absolute atomic E-state index is 13.9. The molecule has 106 valence electrons. The molecular formula is C16H17ClFNO. The number of aryl methyl sites for hydroxylation is 1. The average Bonchev–Trinajstić information content (AvgIpc) is 2.38. The van der Waals surface area contributed by atoms with Gasteiger partial charge in [0.1, 0.15) is 11.6 Å². The van der Waals surface area contributed by atoms with Crippen LogP contribution in [0.3, 0.4) is 0 Å². The summed E-state index contributed by atoms with van der Waals surface area (Å²) < 4.78 is 19.2. The van der Waals surface area contributed by atoms with E-state index < -0.39 is 6.04 Å². The van der Waals surface area contributed by atoms with E-state index in [1.165, 1.54) is 6.07 Å². The molecule has 2 aromatic rings. The summed E-state index contributed by atoms with van der Waals surface area (Å²) in [7, 11) is 1.61. The van der Waals surface area contributed by atoms with Crippen molar-refractivity contribution in [3.05, 3.63) is 63.9 Å². The molecule has 20 heavy (non-hydrogen) atoms. The quantitative estimate of drug-likeness (QED) is 0.923. The Hall–Kier alpha value is -1.58. The van der Waals surface area contributed by atoms with Crippen LogP contribution in [0.15, 0.2) is 36.4 Å². The van der Waals surface area contributed by atoms with E-state index in [9.17, 15) is 4.39 Å². The molecule has 0 radical (unpaired) electrons. The fourth-order valence-corrected chi connectivity index (χ4v) is 2.37. The third-order valence-electron chi connectivity index (χ3n) is 3.24. The van der Waals surface area contributed by atoms with Crippen molar-refractivity contribution in [2.24, 2.45) is 5.73 Å². The minimum atomic E-state index is -0.442. The second-order valence-corrected chi connectivity index (χ2v) is 5.23. The maximum Gasteiger partial charge on any atom is 0.129 e. The molecule has 0 heterocycles. The highest BCUT2D eigenvalue weighted by Crippen LogP contribution is 2.27. The molecular weight excluding hydrogens is 277 g/mol. The Morgan fingerprint density at radius 1 is 1.25 bits per heavy atom. The summed E-state index contributed by atoms with van der Waals surface area (Å²) in [6.07, 6.45) is 0.503. The molecule has 2 nitrogen and oxygen atoms in total. The van der Waals surface area contributed by atoms with Gasteiger partial charge in [0, 0.05) is 16.6 Å². The lowest BCUT2D eigenvalue weighted by Gasteiger charge is -2.16. The van der Waals surface area contributed by atoms with Crippen LogP contribution >= 0.6 is 11.6 Å². The zero-order chi connectivity index (χ0) is 14.7. The largest absolute Gasteiger partial charge is 0.496 e. The fourth-order valence-electron chi connectivity index (χ4n) is 2.22. The number of halogens is 2. The van der Waals surface area contributed by atoms with Crippen LogP contribution in [0.4, 0.5) is 4.39 Å². The van der Waals surface area contributed by atoms with Crippen LogP contribution in [-0.4, -0.2) is 7.11 Å². The fraction of sp³-hybridized carbons (Fsp3) is 0.250. The van der Waals surface area contributed by atoms with Crippen molar-refractivity contribution >= 4 is 11.6 Å². The van der Waals surface area contributed by atoms with Crippen molar-refractivity contribution in [3.8, 4) is 5.75 Å². The van der Waals surface area contributed by atoms with E-state index in [2.05, 4.69) is 0 Å². The molecule has 0 amide bonds. The van der Waals surface area contributed by atoms with Gasteiger partial charge in [0.2, 0.25) is 0 Å². The molecule has 0 aliphatic carbocycles. The van der Waals surface area contributed by atoms with Crippen molar-refractivity contribution < 1.29 is 9.13 Å². The predicted octanol–water partition coefficient (Wildman–Crippen LogP) is 4.04. The van der Waals surface area contributed by atoms with Crippen molar-refractivity contribution in [2.45, 2.75) is 19.4 Å². The third-order valence-corrected chi connectivity index (χ3v) is 3.47. The molecule has 2 rings (SSSR count). The van der Waals surface area contributed by atoms with E-state index in [0.29, 0.717) is 17.0 Å². The summed E-state index contributed by atoms with van der Waals surface area (Å²) in [5.74, 6) is 0.386. The number of methoxy groups -OCH3 is 1. The molecule has 0 spiro atoms. The molecule has 1 atom stereocenters. The Kier molecular flexibility index (Phi) is 4.63. The first-order chi connectivity index (χ1) is 9.51. The Morgan fingerprint density at radius 3 is 2.65 bits per heavy atom. The lowest BCUT2D eigenvalue weighted by molar-refractivity contribution is 0.407. The zero-order valence-corrected chi connectivity index (χ0v) is 12.2. The molecule has 0 aromatic heterocycles. The van der Waals surface area contributed by atoms with E-state index in [1.54, 1.807) is 19.2 Å². The molecule has 2 N–H and O–H groups in total. The topological polar surface area (TPSA) is 35.2 Å². The first kappa shape index (κ1) is 14.8. The normalized spacial score (nSPS) is 12.2. The summed E-state index contributed by atoms with van der Waals surface area (Å²) in [5.41, 5.74) is 8.65. The second-order valence-electron chi connectivity index (χ2n) is 4.79. The summed E-state index contributed by atoms with van der Waals surface area (Å²) in [6.45, 7) is 2.00. The molecule has 0 aliphatic rings.